The highest BCUT2D eigenvalue weighted by Gasteiger charge is 2.65. The molecule has 160 valence electrons. The first kappa shape index (κ1) is 20.6. The third kappa shape index (κ3) is 3.78. The number of amides is 1. The van der Waals surface area contributed by atoms with Crippen LogP contribution in [0.3, 0.4) is 0 Å². The maximum Gasteiger partial charge on any atom is 0.227 e. The summed E-state index contributed by atoms with van der Waals surface area (Å²) in [5.74, 6) is 1.21. The molecule has 3 aliphatic heterocycles. The van der Waals surface area contributed by atoms with Crippen LogP contribution in [0.15, 0.2) is 24.3 Å². The smallest absolute Gasteiger partial charge is 0.227 e. The molecule has 8 heteroatoms. The van der Waals surface area contributed by atoms with Crippen LogP contribution in [-0.2, 0) is 26.0 Å². The van der Waals surface area contributed by atoms with E-state index in [4.69, 9.17) is 9.47 Å². The van der Waals surface area contributed by atoms with Crippen molar-refractivity contribution in [1.82, 2.24) is 9.21 Å². The second kappa shape index (κ2) is 7.56. The first-order valence-corrected chi connectivity index (χ1v) is 11.8. The minimum atomic E-state index is -3.38. The van der Waals surface area contributed by atoms with E-state index in [1.807, 2.05) is 24.3 Å². The van der Waals surface area contributed by atoms with Gasteiger partial charge < -0.3 is 14.4 Å². The van der Waals surface area contributed by atoms with Crippen molar-refractivity contribution in [3.05, 3.63) is 29.8 Å². The van der Waals surface area contributed by atoms with Crippen molar-refractivity contribution in [3.63, 3.8) is 0 Å². The van der Waals surface area contributed by atoms with Gasteiger partial charge in [-0.3, -0.25) is 4.79 Å². The number of carbonyl (C=O) groups is 1. The number of methoxy groups -OCH3 is 1. The zero-order valence-electron chi connectivity index (χ0n) is 17.3. The van der Waals surface area contributed by atoms with Crippen molar-refractivity contribution in [1.29, 1.82) is 0 Å². The normalized spacial score (nSPS) is 30.6. The molecule has 1 spiro atoms. The number of nitrogens with zero attached hydrogens (tertiary/aromatic N) is 2. The van der Waals surface area contributed by atoms with Crippen LogP contribution >= 0.6 is 0 Å². The minimum Gasteiger partial charge on any atom is -0.497 e. The Hall–Kier alpha value is -1.64. The SMILES string of the molecule is COc1ccc(CC(=O)N2C[C@H]3C[C@H]4[C@](C2)(CN(CCC(C)C)S4(=O)=O)O3)cc1. The van der Waals surface area contributed by atoms with Gasteiger partial charge in [0.1, 0.15) is 16.6 Å². The fourth-order valence-corrected chi connectivity index (χ4v) is 7.10. The summed E-state index contributed by atoms with van der Waals surface area (Å²) in [6, 6.07) is 7.47. The molecule has 0 radical (unpaired) electrons. The van der Waals surface area contributed by atoms with Crippen molar-refractivity contribution < 1.29 is 22.7 Å². The third-order valence-electron chi connectivity index (χ3n) is 6.33. The standard InChI is InChI=1S/C21H30N2O5S/c1-15(2)8-9-23-14-21-13-22(12-18(28-21)11-19(21)29(23,25)26)20(24)10-16-4-6-17(27-3)7-5-16/h4-7,15,18-19H,8-14H2,1-3H3/t18-,19+,21+/m1/s1. The monoisotopic (exact) mass is 422 g/mol. The summed E-state index contributed by atoms with van der Waals surface area (Å²) in [5.41, 5.74) is 0.134. The number of sulfonamides is 1. The number of morpholine rings is 1. The van der Waals surface area contributed by atoms with Crippen LogP contribution in [0.1, 0.15) is 32.3 Å². The summed E-state index contributed by atoms with van der Waals surface area (Å²) in [4.78, 5) is 14.8. The lowest BCUT2D eigenvalue weighted by atomic mass is 9.98. The zero-order chi connectivity index (χ0) is 20.8. The van der Waals surface area contributed by atoms with Crippen LogP contribution in [-0.4, -0.2) is 73.8 Å². The molecule has 0 unspecified atom stereocenters. The zero-order valence-corrected chi connectivity index (χ0v) is 18.2. The molecule has 3 aliphatic rings. The predicted octanol–water partition coefficient (Wildman–Crippen LogP) is 1.67. The van der Waals surface area contributed by atoms with Crippen LogP contribution in [0.2, 0.25) is 0 Å². The van der Waals surface area contributed by atoms with Crippen molar-refractivity contribution in [3.8, 4) is 5.75 Å². The van der Waals surface area contributed by atoms with E-state index in [0.717, 1.165) is 17.7 Å². The second-order valence-corrected chi connectivity index (χ2v) is 11.0. The Balaban J connectivity index is 1.47. The highest BCUT2D eigenvalue weighted by Crippen LogP contribution is 2.46. The van der Waals surface area contributed by atoms with E-state index >= 15 is 0 Å². The minimum absolute atomic E-state index is 0.0153. The van der Waals surface area contributed by atoms with Crippen LogP contribution in [0.5, 0.6) is 5.75 Å². The molecule has 0 N–H and O–H groups in total. The number of benzene rings is 1. The average molecular weight is 423 g/mol. The largest absolute Gasteiger partial charge is 0.497 e. The number of likely N-dealkylation sites (tertiary alicyclic amines) is 1. The van der Waals surface area contributed by atoms with Crippen LogP contribution in [0, 0.1) is 5.92 Å². The van der Waals surface area contributed by atoms with Gasteiger partial charge in [0.15, 0.2) is 0 Å². The van der Waals surface area contributed by atoms with Gasteiger partial charge in [-0.1, -0.05) is 26.0 Å². The molecule has 29 heavy (non-hydrogen) atoms. The van der Waals surface area contributed by atoms with Gasteiger partial charge in [0, 0.05) is 19.6 Å². The molecule has 3 atom stereocenters. The van der Waals surface area contributed by atoms with Gasteiger partial charge in [-0.15, -0.1) is 0 Å². The van der Waals surface area contributed by atoms with E-state index in [-0.39, 0.29) is 12.0 Å². The predicted molar refractivity (Wildman–Crippen MR) is 109 cm³/mol. The van der Waals surface area contributed by atoms with Gasteiger partial charge in [-0.05, 0) is 36.5 Å². The van der Waals surface area contributed by atoms with Gasteiger partial charge in [0.05, 0.1) is 26.2 Å². The number of hydrogen-bond acceptors (Lipinski definition) is 5. The topological polar surface area (TPSA) is 76.2 Å². The summed E-state index contributed by atoms with van der Waals surface area (Å²) in [6.45, 7) is 5.87. The molecule has 1 aromatic carbocycles. The fraction of sp³-hybridized carbons (Fsp3) is 0.667. The molecule has 3 heterocycles. The lowest BCUT2D eigenvalue weighted by molar-refractivity contribution is -0.150. The van der Waals surface area contributed by atoms with E-state index in [9.17, 15) is 13.2 Å². The molecule has 1 aromatic rings. The van der Waals surface area contributed by atoms with Crippen LogP contribution in [0.25, 0.3) is 0 Å². The Bertz CT molecular complexity index is 870. The molecule has 3 saturated heterocycles. The molecule has 0 saturated carbocycles. The van der Waals surface area contributed by atoms with Crippen LogP contribution in [0.4, 0.5) is 0 Å². The van der Waals surface area contributed by atoms with Crippen LogP contribution < -0.4 is 4.74 Å². The summed E-state index contributed by atoms with van der Waals surface area (Å²) < 4.78 is 39.1. The van der Waals surface area contributed by atoms with E-state index in [1.165, 1.54) is 0 Å². The van der Waals surface area contributed by atoms with Gasteiger partial charge in [0.25, 0.3) is 0 Å². The van der Waals surface area contributed by atoms with Gasteiger partial charge in [-0.2, -0.15) is 4.31 Å². The van der Waals surface area contributed by atoms with Crippen molar-refractivity contribution in [2.24, 2.45) is 5.92 Å². The van der Waals surface area contributed by atoms with E-state index in [2.05, 4.69) is 13.8 Å². The first-order chi connectivity index (χ1) is 13.7. The number of hydrogen-bond donors (Lipinski definition) is 0. The first-order valence-electron chi connectivity index (χ1n) is 10.3. The highest BCUT2D eigenvalue weighted by molar-refractivity contribution is 7.90. The van der Waals surface area contributed by atoms with Gasteiger partial charge in [0.2, 0.25) is 15.9 Å². The summed E-state index contributed by atoms with van der Waals surface area (Å²) in [7, 11) is -1.77. The maximum atomic E-state index is 13.1. The fourth-order valence-electron chi connectivity index (χ4n) is 4.77. The number of ether oxygens (including phenoxy) is 2. The summed E-state index contributed by atoms with van der Waals surface area (Å²) in [6.07, 6.45) is 1.40. The number of fused-ring (bicyclic) bond motifs is 1. The van der Waals surface area contributed by atoms with E-state index < -0.39 is 20.9 Å². The Labute approximate surface area is 173 Å². The van der Waals surface area contributed by atoms with Crippen molar-refractivity contribution >= 4 is 15.9 Å². The second-order valence-electron chi connectivity index (χ2n) is 8.89. The van der Waals surface area contributed by atoms with E-state index in [0.29, 0.717) is 44.9 Å². The molecule has 0 aliphatic carbocycles. The summed E-state index contributed by atoms with van der Waals surface area (Å²) >= 11 is 0. The summed E-state index contributed by atoms with van der Waals surface area (Å²) in [5, 5.41) is -0.536. The maximum absolute atomic E-state index is 13.1. The van der Waals surface area contributed by atoms with Crippen molar-refractivity contribution in [2.75, 3.05) is 33.3 Å². The lowest BCUT2D eigenvalue weighted by Crippen LogP contribution is -2.56. The molecule has 1 amide bonds. The van der Waals surface area contributed by atoms with E-state index in [1.54, 1.807) is 16.3 Å². The van der Waals surface area contributed by atoms with Gasteiger partial charge in [-0.25, -0.2) is 8.42 Å². The molecule has 7 nitrogen and oxygen atoms in total. The third-order valence-corrected chi connectivity index (χ3v) is 8.71. The Morgan fingerprint density at radius 3 is 2.66 bits per heavy atom. The lowest BCUT2D eigenvalue weighted by Gasteiger charge is -2.39. The number of rotatable bonds is 6. The quantitative estimate of drug-likeness (QED) is 0.697. The molecule has 0 aromatic heterocycles. The highest BCUT2D eigenvalue weighted by atomic mass is 32.2. The Morgan fingerprint density at radius 1 is 1.28 bits per heavy atom. The Kier molecular flexibility index (Phi) is 5.38. The molecule has 2 bridgehead atoms. The molecular weight excluding hydrogens is 392 g/mol. The Morgan fingerprint density at radius 2 is 2.00 bits per heavy atom. The molecular formula is C21H30N2O5S. The molecule has 3 fully saturated rings. The average Bonchev–Trinajstić information content (AvgIpc) is 3.05. The number of carbonyl (C=O) groups excluding carboxylic acids is 1. The molecule has 4 rings (SSSR count). The van der Waals surface area contributed by atoms with Crippen molar-refractivity contribution in [2.45, 2.75) is 50.1 Å². The van der Waals surface area contributed by atoms with Gasteiger partial charge >= 0.3 is 0 Å².